The molecule has 68 valence electrons. The number of methoxy groups -OCH3 is 1. The molecule has 3 aliphatic rings. The second-order valence-corrected chi connectivity index (χ2v) is 4.50. The second kappa shape index (κ2) is 2.02. The first-order chi connectivity index (χ1) is 5.51. The van der Waals surface area contributed by atoms with Crippen molar-refractivity contribution in [2.75, 3.05) is 7.11 Å². The molecule has 0 radical (unpaired) electrons. The molecule has 1 unspecified atom stereocenters. The highest BCUT2D eigenvalue weighted by Gasteiger charge is 2.69. The molecule has 0 aromatic heterocycles. The second-order valence-electron chi connectivity index (χ2n) is 4.50. The Morgan fingerprint density at radius 3 is 2.33 bits per heavy atom. The van der Waals surface area contributed by atoms with Crippen molar-refractivity contribution in [3.05, 3.63) is 0 Å². The van der Waals surface area contributed by atoms with E-state index in [1.54, 1.807) is 0 Å². The number of rotatable bonds is 2. The van der Waals surface area contributed by atoms with Crippen LogP contribution >= 0.6 is 0 Å². The maximum atomic E-state index is 11.2. The van der Waals surface area contributed by atoms with Crippen LogP contribution in [0, 0.1) is 11.3 Å². The van der Waals surface area contributed by atoms with Gasteiger partial charge < -0.3 is 10.5 Å². The first kappa shape index (κ1) is 8.05. The van der Waals surface area contributed by atoms with Crippen molar-refractivity contribution in [2.24, 2.45) is 17.1 Å². The summed E-state index contributed by atoms with van der Waals surface area (Å²) in [5.41, 5.74) is 6.20. The topological polar surface area (TPSA) is 52.3 Å². The molecule has 3 aliphatic carbocycles. The Morgan fingerprint density at radius 2 is 2.00 bits per heavy atom. The van der Waals surface area contributed by atoms with Crippen LogP contribution in [0.1, 0.15) is 26.2 Å². The summed E-state index contributed by atoms with van der Waals surface area (Å²) in [6.07, 6.45) is 3.03. The molecule has 0 saturated heterocycles. The van der Waals surface area contributed by atoms with Crippen LogP contribution in [0.4, 0.5) is 0 Å². The summed E-state index contributed by atoms with van der Waals surface area (Å²) < 4.78 is 4.71. The van der Waals surface area contributed by atoms with Crippen molar-refractivity contribution in [3.63, 3.8) is 0 Å². The number of carbonyl (C=O) groups is 1. The van der Waals surface area contributed by atoms with E-state index in [9.17, 15) is 4.79 Å². The summed E-state index contributed by atoms with van der Waals surface area (Å²) >= 11 is 0. The van der Waals surface area contributed by atoms with Crippen molar-refractivity contribution in [1.82, 2.24) is 0 Å². The standard InChI is InChI=1S/C9H15NO2/c1-6(7(11)12-2)8-3-9(10,4-8)5-8/h6H,3-5,10H2,1-2H3. The van der Waals surface area contributed by atoms with Crippen molar-refractivity contribution in [3.8, 4) is 0 Å². The van der Waals surface area contributed by atoms with Gasteiger partial charge in [-0.1, -0.05) is 6.92 Å². The molecule has 0 amide bonds. The summed E-state index contributed by atoms with van der Waals surface area (Å²) in [5.74, 6) is -0.0512. The van der Waals surface area contributed by atoms with Crippen molar-refractivity contribution in [2.45, 2.75) is 31.7 Å². The molecule has 3 nitrogen and oxygen atoms in total. The van der Waals surface area contributed by atoms with Crippen LogP contribution < -0.4 is 5.73 Å². The van der Waals surface area contributed by atoms with Gasteiger partial charge in [-0.3, -0.25) is 4.79 Å². The zero-order chi connectivity index (χ0) is 8.98. The Bertz CT molecular complexity index is 217. The van der Waals surface area contributed by atoms with E-state index in [0.29, 0.717) is 0 Å². The Balaban J connectivity index is 1.99. The van der Waals surface area contributed by atoms with E-state index < -0.39 is 0 Å². The molecule has 0 aliphatic heterocycles. The molecule has 12 heavy (non-hydrogen) atoms. The third kappa shape index (κ3) is 0.774. The van der Waals surface area contributed by atoms with Crippen LogP contribution in [0.15, 0.2) is 0 Å². The van der Waals surface area contributed by atoms with Gasteiger partial charge in [-0.2, -0.15) is 0 Å². The number of hydrogen-bond donors (Lipinski definition) is 1. The predicted octanol–water partition coefficient (Wildman–Crippen LogP) is 0.677. The molecule has 3 rings (SSSR count). The zero-order valence-corrected chi connectivity index (χ0v) is 7.59. The smallest absolute Gasteiger partial charge is 0.308 e. The molecule has 1 atom stereocenters. The molecular weight excluding hydrogens is 154 g/mol. The van der Waals surface area contributed by atoms with Crippen LogP contribution in [0.5, 0.6) is 0 Å². The van der Waals surface area contributed by atoms with Crippen LogP contribution in [0.2, 0.25) is 0 Å². The lowest BCUT2D eigenvalue weighted by Crippen LogP contribution is -2.74. The first-order valence-corrected chi connectivity index (χ1v) is 4.38. The third-order valence-electron chi connectivity index (χ3n) is 3.59. The van der Waals surface area contributed by atoms with Gasteiger partial charge in [0.2, 0.25) is 0 Å². The fraction of sp³-hybridized carbons (Fsp3) is 0.889. The quantitative estimate of drug-likeness (QED) is 0.618. The van der Waals surface area contributed by atoms with E-state index in [1.807, 2.05) is 6.92 Å². The molecule has 2 bridgehead atoms. The molecular formula is C9H15NO2. The summed E-state index contributed by atoms with van der Waals surface area (Å²) in [5, 5.41) is 0. The maximum Gasteiger partial charge on any atom is 0.308 e. The van der Waals surface area contributed by atoms with Gasteiger partial charge in [0.05, 0.1) is 13.0 Å². The minimum absolute atomic E-state index is 0.0351. The highest BCUT2D eigenvalue weighted by molar-refractivity contribution is 5.74. The van der Waals surface area contributed by atoms with Crippen LogP contribution in [-0.4, -0.2) is 18.6 Å². The average molecular weight is 169 g/mol. The van der Waals surface area contributed by atoms with E-state index in [2.05, 4.69) is 0 Å². The fourth-order valence-corrected chi connectivity index (χ4v) is 2.83. The molecule has 3 saturated carbocycles. The van der Waals surface area contributed by atoms with Crippen molar-refractivity contribution < 1.29 is 9.53 Å². The summed E-state index contributed by atoms with van der Waals surface area (Å²) in [4.78, 5) is 11.2. The lowest BCUT2D eigenvalue weighted by atomic mass is 9.36. The minimum Gasteiger partial charge on any atom is -0.469 e. The number of carbonyl (C=O) groups excluding carboxylic acids is 1. The van der Waals surface area contributed by atoms with Crippen molar-refractivity contribution >= 4 is 5.97 Å². The highest BCUT2D eigenvalue weighted by atomic mass is 16.5. The van der Waals surface area contributed by atoms with Gasteiger partial charge in [0.1, 0.15) is 0 Å². The molecule has 0 aromatic rings. The van der Waals surface area contributed by atoms with Gasteiger partial charge in [0, 0.05) is 5.54 Å². The zero-order valence-electron chi connectivity index (χ0n) is 7.59. The Morgan fingerprint density at radius 1 is 1.50 bits per heavy atom. The molecule has 0 spiro atoms. The molecule has 3 heteroatoms. The summed E-state index contributed by atoms with van der Waals surface area (Å²) in [6, 6.07) is 0. The Labute approximate surface area is 72.3 Å². The lowest BCUT2D eigenvalue weighted by molar-refractivity contribution is -0.190. The van der Waals surface area contributed by atoms with Gasteiger partial charge in [0.15, 0.2) is 0 Å². The molecule has 2 N–H and O–H groups in total. The fourth-order valence-electron chi connectivity index (χ4n) is 2.83. The minimum atomic E-state index is -0.0863. The monoisotopic (exact) mass is 169 g/mol. The highest BCUT2D eigenvalue weighted by Crippen LogP contribution is 2.69. The SMILES string of the molecule is COC(=O)C(C)C12CC(N)(C1)C2. The van der Waals surface area contributed by atoms with Crippen molar-refractivity contribution in [1.29, 1.82) is 0 Å². The number of nitrogens with two attached hydrogens (primary N) is 1. The molecule has 3 fully saturated rings. The normalized spacial score (nSPS) is 45.6. The van der Waals surface area contributed by atoms with Crippen LogP contribution in [-0.2, 0) is 9.53 Å². The largest absolute Gasteiger partial charge is 0.469 e. The van der Waals surface area contributed by atoms with Crippen LogP contribution in [0.3, 0.4) is 0 Å². The average Bonchev–Trinajstić information content (AvgIpc) is 1.94. The van der Waals surface area contributed by atoms with Gasteiger partial charge in [-0.25, -0.2) is 0 Å². The number of hydrogen-bond acceptors (Lipinski definition) is 3. The maximum absolute atomic E-state index is 11.2. The van der Waals surface area contributed by atoms with Gasteiger partial charge in [0.25, 0.3) is 0 Å². The van der Waals surface area contributed by atoms with E-state index >= 15 is 0 Å². The van der Waals surface area contributed by atoms with Gasteiger partial charge in [-0.15, -0.1) is 0 Å². The van der Waals surface area contributed by atoms with E-state index in [0.717, 1.165) is 19.3 Å². The van der Waals surface area contributed by atoms with E-state index in [-0.39, 0.29) is 22.8 Å². The summed E-state index contributed by atoms with van der Waals surface area (Å²) in [7, 11) is 1.45. The Kier molecular flexibility index (Phi) is 1.35. The third-order valence-corrected chi connectivity index (χ3v) is 3.59. The molecule has 0 heterocycles. The van der Waals surface area contributed by atoms with E-state index in [4.69, 9.17) is 10.5 Å². The van der Waals surface area contributed by atoms with Crippen LogP contribution in [0.25, 0.3) is 0 Å². The number of ether oxygens (including phenoxy) is 1. The summed E-state index contributed by atoms with van der Waals surface area (Å²) in [6.45, 7) is 1.95. The van der Waals surface area contributed by atoms with E-state index in [1.165, 1.54) is 7.11 Å². The van der Waals surface area contributed by atoms with Gasteiger partial charge in [-0.05, 0) is 24.7 Å². The Hall–Kier alpha value is -0.570. The lowest BCUT2D eigenvalue weighted by Gasteiger charge is -2.70. The molecule has 0 aromatic carbocycles. The van der Waals surface area contributed by atoms with Gasteiger partial charge >= 0.3 is 5.97 Å². The predicted molar refractivity (Wildman–Crippen MR) is 44.4 cm³/mol. The number of esters is 1. The first-order valence-electron chi connectivity index (χ1n) is 4.38.